The van der Waals surface area contributed by atoms with Crippen molar-refractivity contribution in [3.63, 3.8) is 0 Å². The first-order valence-electron chi connectivity index (χ1n) is 11.5. The third-order valence-corrected chi connectivity index (χ3v) is 6.66. The van der Waals surface area contributed by atoms with Gasteiger partial charge in [0.25, 0.3) is 0 Å². The normalized spacial score (nSPS) is 15.1. The predicted octanol–water partition coefficient (Wildman–Crippen LogP) is 3.62. The fourth-order valence-corrected chi connectivity index (χ4v) is 4.54. The van der Waals surface area contributed by atoms with E-state index in [4.69, 9.17) is 31.1 Å². The molecule has 1 fully saturated rings. The monoisotopic (exact) mass is 481 g/mol. The molecule has 34 heavy (non-hydrogen) atoms. The van der Waals surface area contributed by atoms with Crippen molar-refractivity contribution in [3.8, 4) is 0 Å². The lowest BCUT2D eigenvalue weighted by molar-refractivity contribution is 0.0369. The molecule has 3 aromatic heterocycles. The summed E-state index contributed by atoms with van der Waals surface area (Å²) in [6.07, 6.45) is 4.37. The molecule has 0 N–H and O–H groups in total. The second-order valence-corrected chi connectivity index (χ2v) is 8.85. The summed E-state index contributed by atoms with van der Waals surface area (Å²) in [5.41, 5.74) is 4.91. The molecule has 4 heterocycles. The summed E-state index contributed by atoms with van der Waals surface area (Å²) in [6, 6.07) is 7.45. The summed E-state index contributed by atoms with van der Waals surface area (Å²) < 4.78 is 9.46. The summed E-state index contributed by atoms with van der Waals surface area (Å²) in [4.78, 5) is 17.3. The van der Waals surface area contributed by atoms with E-state index in [1.165, 1.54) is 11.3 Å². The first kappa shape index (κ1) is 22.8. The number of fused-ring (bicyclic) bond motifs is 3. The molecule has 4 aromatic rings. The van der Waals surface area contributed by atoms with Gasteiger partial charge in [0.2, 0.25) is 0 Å². The van der Waals surface area contributed by atoms with E-state index in [2.05, 4.69) is 33.6 Å². The Balaban J connectivity index is 1.31. The average Bonchev–Trinajstić information content (AvgIpc) is 3.37. The minimum absolute atomic E-state index is 0.155. The van der Waals surface area contributed by atoms with Crippen LogP contribution >= 0.6 is 11.6 Å². The van der Waals surface area contributed by atoms with Crippen molar-refractivity contribution >= 4 is 34.5 Å². The van der Waals surface area contributed by atoms with E-state index >= 15 is 0 Å². The van der Waals surface area contributed by atoms with E-state index in [0.29, 0.717) is 10.8 Å². The van der Waals surface area contributed by atoms with Crippen LogP contribution in [0.5, 0.6) is 0 Å². The molecule has 0 atom stereocenters. The summed E-state index contributed by atoms with van der Waals surface area (Å²) in [5.74, 6) is 0.544. The van der Waals surface area contributed by atoms with Gasteiger partial charge in [0.1, 0.15) is 12.0 Å². The first-order valence-corrected chi connectivity index (χ1v) is 11.9. The molecule has 0 spiro atoms. The maximum Gasteiger partial charge on any atom is 0.192 e. The van der Waals surface area contributed by atoms with E-state index in [-0.39, 0.29) is 6.61 Å². The fourth-order valence-electron chi connectivity index (χ4n) is 4.36. The SMILES string of the molecule is Cc1c(C)n(CCCN2CCOCC2)c2ncn3nc(CO/N=C/c4ccccc4Cl)nc3c12. The molecule has 1 aliphatic heterocycles. The van der Waals surface area contributed by atoms with Crippen molar-refractivity contribution in [2.45, 2.75) is 33.4 Å². The first-order chi connectivity index (χ1) is 16.6. The summed E-state index contributed by atoms with van der Waals surface area (Å²) in [6.45, 7) is 10.1. The van der Waals surface area contributed by atoms with Crippen molar-refractivity contribution in [1.29, 1.82) is 0 Å². The molecule has 1 saturated heterocycles. The maximum atomic E-state index is 6.14. The number of morpholine rings is 1. The Labute approximate surface area is 202 Å². The smallest absolute Gasteiger partial charge is 0.192 e. The molecular weight excluding hydrogens is 454 g/mol. The van der Waals surface area contributed by atoms with E-state index < -0.39 is 0 Å². The molecule has 0 aliphatic carbocycles. The number of hydrogen-bond acceptors (Lipinski definition) is 7. The molecular formula is C24H28ClN7O2. The van der Waals surface area contributed by atoms with Gasteiger partial charge in [-0.05, 0) is 31.9 Å². The van der Waals surface area contributed by atoms with Crippen LogP contribution in [0.1, 0.15) is 29.1 Å². The summed E-state index contributed by atoms with van der Waals surface area (Å²) in [5, 5.41) is 10.2. The van der Waals surface area contributed by atoms with Gasteiger partial charge in [-0.3, -0.25) is 4.90 Å². The van der Waals surface area contributed by atoms with Gasteiger partial charge < -0.3 is 14.1 Å². The lowest BCUT2D eigenvalue weighted by Crippen LogP contribution is -2.37. The minimum atomic E-state index is 0.155. The number of oxime groups is 1. The van der Waals surface area contributed by atoms with Crippen LogP contribution in [0.2, 0.25) is 5.02 Å². The number of aromatic nitrogens is 5. The molecule has 0 bridgehead atoms. The van der Waals surface area contributed by atoms with Gasteiger partial charge in [-0.2, -0.15) is 0 Å². The maximum absolute atomic E-state index is 6.14. The number of benzene rings is 1. The van der Waals surface area contributed by atoms with Gasteiger partial charge in [-0.1, -0.05) is 35.0 Å². The topological polar surface area (TPSA) is 82.1 Å². The Hall–Kier alpha value is -3.01. The standard InChI is InChI=1S/C24H28ClN7O2/c1-17-18(2)31(9-5-8-30-10-12-33-13-11-30)23-22(17)24-28-21(29-32(24)16-26-23)15-34-27-14-19-6-3-4-7-20(19)25/h3-4,6-7,14,16H,5,8-13,15H2,1-2H3/b27-14+. The Morgan fingerprint density at radius 1 is 1.15 bits per heavy atom. The minimum Gasteiger partial charge on any atom is -0.387 e. The van der Waals surface area contributed by atoms with Crippen molar-refractivity contribution in [2.24, 2.45) is 5.16 Å². The number of aryl methyl sites for hydroxylation is 2. The molecule has 0 unspecified atom stereocenters. The Kier molecular flexibility index (Phi) is 6.75. The van der Waals surface area contributed by atoms with Gasteiger partial charge >= 0.3 is 0 Å². The molecule has 0 amide bonds. The summed E-state index contributed by atoms with van der Waals surface area (Å²) in [7, 11) is 0. The number of rotatable bonds is 8. The van der Waals surface area contributed by atoms with Gasteiger partial charge in [0.15, 0.2) is 18.1 Å². The third kappa shape index (κ3) is 4.64. The number of ether oxygens (including phenoxy) is 1. The second kappa shape index (κ2) is 10.1. The zero-order chi connectivity index (χ0) is 23.5. The zero-order valence-corrected chi connectivity index (χ0v) is 20.2. The van der Waals surface area contributed by atoms with Crippen molar-refractivity contribution < 1.29 is 9.57 Å². The molecule has 0 radical (unpaired) electrons. The lowest BCUT2D eigenvalue weighted by Gasteiger charge is -2.26. The van der Waals surface area contributed by atoms with Gasteiger partial charge in [-0.15, -0.1) is 5.10 Å². The van der Waals surface area contributed by atoms with Gasteiger partial charge in [-0.25, -0.2) is 14.5 Å². The van der Waals surface area contributed by atoms with Crippen LogP contribution in [0.4, 0.5) is 0 Å². The Morgan fingerprint density at radius 2 is 1.97 bits per heavy atom. The van der Waals surface area contributed by atoms with Gasteiger partial charge in [0.05, 0.1) is 24.8 Å². The third-order valence-electron chi connectivity index (χ3n) is 6.31. The highest BCUT2D eigenvalue weighted by Crippen LogP contribution is 2.27. The average molecular weight is 482 g/mol. The molecule has 178 valence electrons. The van der Waals surface area contributed by atoms with Crippen LogP contribution in [0.25, 0.3) is 16.7 Å². The highest BCUT2D eigenvalue weighted by atomic mass is 35.5. The fraction of sp³-hybridized carbons (Fsp3) is 0.417. The van der Waals surface area contributed by atoms with Crippen LogP contribution in [0.3, 0.4) is 0 Å². The van der Waals surface area contributed by atoms with Crippen molar-refractivity contribution in [2.75, 3.05) is 32.8 Å². The van der Waals surface area contributed by atoms with Crippen LogP contribution in [0.15, 0.2) is 35.7 Å². The van der Waals surface area contributed by atoms with Crippen molar-refractivity contribution in [1.82, 2.24) is 29.0 Å². The Morgan fingerprint density at radius 3 is 2.79 bits per heavy atom. The van der Waals surface area contributed by atoms with E-state index in [1.807, 2.05) is 24.3 Å². The number of halogens is 1. The predicted molar refractivity (Wildman–Crippen MR) is 131 cm³/mol. The van der Waals surface area contributed by atoms with Crippen molar-refractivity contribution in [3.05, 3.63) is 58.3 Å². The quantitative estimate of drug-likeness (QED) is 0.282. The van der Waals surface area contributed by atoms with Crippen LogP contribution < -0.4 is 0 Å². The van der Waals surface area contributed by atoms with E-state index in [0.717, 1.165) is 68.1 Å². The van der Waals surface area contributed by atoms with Crippen LogP contribution in [0, 0.1) is 13.8 Å². The molecule has 1 aromatic carbocycles. The number of nitrogens with zero attached hydrogens (tertiary/aromatic N) is 7. The zero-order valence-electron chi connectivity index (χ0n) is 19.4. The van der Waals surface area contributed by atoms with E-state index in [9.17, 15) is 0 Å². The molecule has 9 nitrogen and oxygen atoms in total. The van der Waals surface area contributed by atoms with Crippen LogP contribution in [-0.2, 0) is 22.7 Å². The summed E-state index contributed by atoms with van der Waals surface area (Å²) >= 11 is 6.14. The van der Waals surface area contributed by atoms with Crippen LogP contribution in [-0.4, -0.2) is 68.1 Å². The molecule has 5 rings (SSSR count). The van der Waals surface area contributed by atoms with E-state index in [1.54, 1.807) is 17.1 Å². The molecule has 0 saturated carbocycles. The highest BCUT2D eigenvalue weighted by Gasteiger charge is 2.18. The van der Waals surface area contributed by atoms with Gasteiger partial charge in [0, 0.05) is 42.5 Å². The lowest BCUT2D eigenvalue weighted by atomic mass is 10.2. The molecule has 1 aliphatic rings. The highest BCUT2D eigenvalue weighted by molar-refractivity contribution is 6.33. The Bertz CT molecular complexity index is 1320. The molecule has 10 heteroatoms. The second-order valence-electron chi connectivity index (χ2n) is 8.44. The largest absolute Gasteiger partial charge is 0.387 e. The number of hydrogen-bond donors (Lipinski definition) is 0.